The van der Waals surface area contributed by atoms with Crippen molar-refractivity contribution >= 4 is 23.1 Å². The molecule has 2 aromatic heterocycles. The molecule has 8 heteroatoms. The number of hydrogen-bond acceptors (Lipinski definition) is 6. The standard InChI is InChI=1S/C32H33N3O5/c1-4-6-18-40-24-16-15-23(19-25(24)39-5-2)29-27(30(36)28-21(3)33-26-14-10-11-17-34(26)28)31(37)32(38)35(29)20-22-12-8-7-9-13-22/h7-17,19,29,36H,4-6,18,20H2,1-3H3/b30-27+. The summed E-state index contributed by atoms with van der Waals surface area (Å²) < 4.78 is 13.6. The summed E-state index contributed by atoms with van der Waals surface area (Å²) in [6, 6.07) is 19.6. The number of unbranched alkanes of at least 4 members (excludes halogenated alkanes) is 1. The normalized spacial score (nSPS) is 16.6. The molecule has 4 aromatic rings. The molecule has 8 nitrogen and oxygen atoms in total. The SMILES string of the molecule is CCCCOc1ccc(C2/C(=C(\O)c3c(C)nc4ccccn34)C(=O)C(=O)N2Cc2ccccc2)cc1OCC. The van der Waals surface area contributed by atoms with E-state index in [0.717, 1.165) is 18.4 Å². The number of imidazole rings is 1. The number of carbonyl (C=O) groups excluding carboxylic acids is 2. The Balaban J connectivity index is 1.68. The van der Waals surface area contributed by atoms with Gasteiger partial charge in [0.15, 0.2) is 17.3 Å². The lowest BCUT2D eigenvalue weighted by molar-refractivity contribution is -0.140. The molecule has 0 radical (unpaired) electrons. The third-order valence-electron chi connectivity index (χ3n) is 7.00. The average molecular weight is 540 g/mol. The number of aryl methyl sites for hydroxylation is 1. The van der Waals surface area contributed by atoms with Crippen LogP contribution in [0.15, 0.2) is 78.5 Å². The van der Waals surface area contributed by atoms with Crippen LogP contribution in [0.5, 0.6) is 11.5 Å². The Morgan fingerprint density at radius 3 is 2.50 bits per heavy atom. The number of ketones is 1. The molecule has 3 heterocycles. The largest absolute Gasteiger partial charge is 0.505 e. The molecule has 5 rings (SSSR count). The number of rotatable bonds is 10. The summed E-state index contributed by atoms with van der Waals surface area (Å²) in [5.74, 6) is -0.575. The molecule has 1 N–H and O–H groups in total. The van der Waals surface area contributed by atoms with Gasteiger partial charge in [0.25, 0.3) is 11.7 Å². The van der Waals surface area contributed by atoms with Crippen molar-refractivity contribution in [2.24, 2.45) is 0 Å². The molecule has 0 aliphatic carbocycles. The number of amides is 1. The van der Waals surface area contributed by atoms with Gasteiger partial charge < -0.3 is 19.5 Å². The lowest BCUT2D eigenvalue weighted by Crippen LogP contribution is -2.29. The predicted molar refractivity (Wildman–Crippen MR) is 152 cm³/mol. The number of aromatic nitrogens is 2. The minimum absolute atomic E-state index is 0.0109. The number of aliphatic hydroxyl groups is 1. The van der Waals surface area contributed by atoms with Gasteiger partial charge in [-0.05, 0) is 55.7 Å². The highest BCUT2D eigenvalue weighted by molar-refractivity contribution is 6.46. The fraction of sp³-hybridized carbons (Fsp3) is 0.281. The van der Waals surface area contributed by atoms with Gasteiger partial charge in [0.2, 0.25) is 0 Å². The number of hydrogen-bond donors (Lipinski definition) is 1. The van der Waals surface area contributed by atoms with E-state index in [-0.39, 0.29) is 17.9 Å². The summed E-state index contributed by atoms with van der Waals surface area (Å²) in [6.07, 6.45) is 3.68. The monoisotopic (exact) mass is 539 g/mol. The Morgan fingerprint density at radius 2 is 1.75 bits per heavy atom. The maximum absolute atomic E-state index is 13.6. The number of benzene rings is 2. The zero-order valence-electron chi connectivity index (χ0n) is 23.0. The molecule has 1 saturated heterocycles. The average Bonchev–Trinajstić information content (AvgIpc) is 3.42. The van der Waals surface area contributed by atoms with Crippen molar-refractivity contribution in [3.8, 4) is 11.5 Å². The van der Waals surface area contributed by atoms with E-state index in [1.54, 1.807) is 29.7 Å². The van der Waals surface area contributed by atoms with Crippen LogP contribution in [0.1, 0.15) is 55.2 Å². The van der Waals surface area contributed by atoms with Gasteiger partial charge >= 0.3 is 0 Å². The first-order valence-corrected chi connectivity index (χ1v) is 13.6. The summed E-state index contributed by atoms with van der Waals surface area (Å²) >= 11 is 0. The van der Waals surface area contributed by atoms with E-state index in [1.807, 2.05) is 61.5 Å². The van der Waals surface area contributed by atoms with E-state index in [0.29, 0.717) is 47.3 Å². The molecule has 206 valence electrons. The van der Waals surface area contributed by atoms with Crippen molar-refractivity contribution in [3.63, 3.8) is 0 Å². The molecule has 1 atom stereocenters. The third kappa shape index (κ3) is 5.04. The molecule has 1 amide bonds. The summed E-state index contributed by atoms with van der Waals surface area (Å²) in [5, 5.41) is 11.7. The molecule has 2 aromatic carbocycles. The number of carbonyl (C=O) groups is 2. The first-order chi connectivity index (χ1) is 19.4. The molecular weight excluding hydrogens is 506 g/mol. The van der Waals surface area contributed by atoms with Gasteiger partial charge in [-0.15, -0.1) is 0 Å². The van der Waals surface area contributed by atoms with E-state index >= 15 is 0 Å². The van der Waals surface area contributed by atoms with Crippen LogP contribution in [-0.2, 0) is 16.1 Å². The van der Waals surface area contributed by atoms with Crippen molar-refractivity contribution in [2.45, 2.75) is 46.2 Å². The van der Waals surface area contributed by atoms with Gasteiger partial charge in [0.05, 0.1) is 30.5 Å². The van der Waals surface area contributed by atoms with E-state index in [9.17, 15) is 14.7 Å². The maximum Gasteiger partial charge on any atom is 0.295 e. The number of ether oxygens (including phenoxy) is 2. The zero-order chi connectivity index (χ0) is 28.2. The number of aliphatic hydroxyl groups excluding tert-OH is 1. The molecule has 1 aliphatic heterocycles. The van der Waals surface area contributed by atoms with Gasteiger partial charge in [-0.2, -0.15) is 0 Å². The summed E-state index contributed by atoms with van der Waals surface area (Å²) in [4.78, 5) is 33.2. The fourth-order valence-corrected chi connectivity index (χ4v) is 5.10. The van der Waals surface area contributed by atoms with Gasteiger partial charge in [0.1, 0.15) is 11.3 Å². The fourth-order valence-electron chi connectivity index (χ4n) is 5.10. The van der Waals surface area contributed by atoms with E-state index in [1.165, 1.54) is 4.90 Å². The number of likely N-dealkylation sites (tertiary alicyclic amines) is 1. The van der Waals surface area contributed by atoms with E-state index < -0.39 is 17.7 Å². The second-order valence-corrected chi connectivity index (χ2v) is 9.73. The number of nitrogens with zero attached hydrogens (tertiary/aromatic N) is 3. The maximum atomic E-state index is 13.6. The molecule has 0 saturated carbocycles. The second kappa shape index (κ2) is 11.7. The van der Waals surface area contributed by atoms with Crippen molar-refractivity contribution in [1.82, 2.24) is 14.3 Å². The van der Waals surface area contributed by atoms with Crippen LogP contribution in [0.4, 0.5) is 0 Å². The summed E-state index contributed by atoms with van der Waals surface area (Å²) in [6.45, 7) is 6.91. The van der Waals surface area contributed by atoms with Gasteiger partial charge in [-0.1, -0.05) is 55.8 Å². The highest BCUT2D eigenvalue weighted by atomic mass is 16.5. The molecule has 1 fully saturated rings. The Labute approximate surface area is 233 Å². The van der Waals surface area contributed by atoms with Crippen LogP contribution in [-0.4, -0.2) is 44.3 Å². The highest BCUT2D eigenvalue weighted by Crippen LogP contribution is 2.43. The Morgan fingerprint density at radius 1 is 0.975 bits per heavy atom. The van der Waals surface area contributed by atoms with Crippen LogP contribution >= 0.6 is 0 Å². The highest BCUT2D eigenvalue weighted by Gasteiger charge is 2.46. The molecule has 40 heavy (non-hydrogen) atoms. The van der Waals surface area contributed by atoms with Crippen LogP contribution in [0, 0.1) is 6.92 Å². The van der Waals surface area contributed by atoms with Crippen LogP contribution in [0.2, 0.25) is 0 Å². The van der Waals surface area contributed by atoms with Gasteiger partial charge in [0, 0.05) is 12.7 Å². The minimum atomic E-state index is -0.849. The Bertz CT molecular complexity index is 1570. The first-order valence-electron chi connectivity index (χ1n) is 13.6. The Kier molecular flexibility index (Phi) is 7.86. The van der Waals surface area contributed by atoms with Crippen molar-refractivity contribution in [2.75, 3.05) is 13.2 Å². The molecule has 1 unspecified atom stereocenters. The van der Waals surface area contributed by atoms with Crippen LogP contribution in [0.3, 0.4) is 0 Å². The Hall–Kier alpha value is -4.59. The van der Waals surface area contributed by atoms with Gasteiger partial charge in [-0.25, -0.2) is 4.98 Å². The molecule has 0 spiro atoms. The lowest BCUT2D eigenvalue weighted by Gasteiger charge is -2.26. The van der Waals surface area contributed by atoms with Crippen molar-refractivity contribution < 1.29 is 24.2 Å². The number of fused-ring (bicyclic) bond motifs is 1. The summed E-state index contributed by atoms with van der Waals surface area (Å²) in [5.41, 5.74) is 3.06. The molecule has 0 bridgehead atoms. The quantitative estimate of drug-likeness (QED) is 0.118. The first kappa shape index (κ1) is 27.0. The molecular formula is C32H33N3O5. The number of pyridine rings is 1. The summed E-state index contributed by atoms with van der Waals surface area (Å²) in [7, 11) is 0. The van der Waals surface area contributed by atoms with Crippen molar-refractivity contribution in [3.05, 3.63) is 101 Å². The van der Waals surface area contributed by atoms with Gasteiger partial charge in [-0.3, -0.25) is 14.0 Å². The topological polar surface area (TPSA) is 93.4 Å². The molecule has 1 aliphatic rings. The van der Waals surface area contributed by atoms with Crippen molar-refractivity contribution in [1.29, 1.82) is 0 Å². The van der Waals surface area contributed by atoms with Crippen LogP contribution in [0.25, 0.3) is 11.4 Å². The zero-order valence-corrected chi connectivity index (χ0v) is 23.0. The minimum Gasteiger partial charge on any atom is -0.505 e. The lowest BCUT2D eigenvalue weighted by atomic mass is 9.95. The third-order valence-corrected chi connectivity index (χ3v) is 7.00. The predicted octanol–water partition coefficient (Wildman–Crippen LogP) is 5.84. The second-order valence-electron chi connectivity index (χ2n) is 9.73. The van der Waals surface area contributed by atoms with E-state index in [2.05, 4.69) is 11.9 Å². The number of Topliss-reactive ketones (excluding diaryl/α,β-unsaturated/α-hetero) is 1. The van der Waals surface area contributed by atoms with E-state index in [4.69, 9.17) is 9.47 Å². The smallest absolute Gasteiger partial charge is 0.295 e. The van der Waals surface area contributed by atoms with Crippen LogP contribution < -0.4 is 9.47 Å².